The summed E-state index contributed by atoms with van der Waals surface area (Å²) in [6.07, 6.45) is -3.41. The Morgan fingerprint density at radius 3 is 2.14 bits per heavy atom. The van der Waals surface area contributed by atoms with E-state index in [4.69, 9.17) is 28.4 Å². The zero-order chi connectivity index (χ0) is 26.1. The molecule has 35 heavy (non-hydrogen) atoms. The van der Waals surface area contributed by atoms with Crippen LogP contribution >= 0.6 is 0 Å². The van der Waals surface area contributed by atoms with Crippen molar-refractivity contribution in [2.24, 2.45) is 5.92 Å². The molecule has 0 bridgehead atoms. The van der Waals surface area contributed by atoms with Crippen LogP contribution in [-0.4, -0.2) is 61.7 Å². The molecule has 1 aromatic rings. The zero-order valence-electron chi connectivity index (χ0n) is 20.1. The number of esters is 4. The minimum Gasteiger partial charge on any atom is -0.463 e. The highest BCUT2D eigenvalue weighted by Gasteiger charge is 2.49. The number of benzene rings is 1. The summed E-state index contributed by atoms with van der Waals surface area (Å²) in [4.78, 5) is 47.5. The van der Waals surface area contributed by atoms with Gasteiger partial charge in [-0.05, 0) is 19.1 Å². The first-order chi connectivity index (χ1) is 16.5. The summed E-state index contributed by atoms with van der Waals surface area (Å²) in [6, 6.07) is 5.71. The first kappa shape index (κ1) is 27.8. The molecular formula is C24H29FO10. The first-order valence-electron chi connectivity index (χ1n) is 11.0. The fraction of sp³-hybridized carbons (Fsp3) is 0.500. The number of carbonyl (C=O) groups is 4. The maximum atomic E-state index is 14.2. The van der Waals surface area contributed by atoms with Crippen LogP contribution in [0.4, 0.5) is 4.39 Å². The molecule has 11 heteroatoms. The summed E-state index contributed by atoms with van der Waals surface area (Å²) >= 11 is 0. The third kappa shape index (κ3) is 8.06. The third-order valence-corrected chi connectivity index (χ3v) is 4.91. The normalized spacial score (nSPS) is 24.2. The van der Waals surface area contributed by atoms with E-state index in [-0.39, 0.29) is 24.5 Å². The molecule has 0 radical (unpaired) electrons. The topological polar surface area (TPSA) is 124 Å². The van der Waals surface area contributed by atoms with Crippen LogP contribution in [0.1, 0.15) is 40.2 Å². The zero-order valence-corrected chi connectivity index (χ0v) is 20.1. The Morgan fingerprint density at radius 2 is 1.57 bits per heavy atom. The molecule has 0 unspecified atom stereocenters. The van der Waals surface area contributed by atoms with E-state index in [9.17, 15) is 23.6 Å². The third-order valence-electron chi connectivity index (χ3n) is 4.91. The molecule has 0 saturated carbocycles. The molecule has 5 atom stereocenters. The minimum absolute atomic E-state index is 0.0254. The van der Waals surface area contributed by atoms with Crippen LogP contribution in [0.2, 0.25) is 0 Å². The Balaban J connectivity index is 2.44. The Bertz CT molecular complexity index is 959. The molecule has 2 rings (SSSR count). The number of carbonyl (C=O) groups excluding carboxylic acids is 4. The summed E-state index contributed by atoms with van der Waals surface area (Å²) < 4.78 is 46.7. The van der Waals surface area contributed by atoms with Crippen molar-refractivity contribution in [1.82, 2.24) is 0 Å². The average Bonchev–Trinajstić information content (AvgIpc) is 2.77. The van der Waals surface area contributed by atoms with Gasteiger partial charge in [-0.3, -0.25) is 14.4 Å². The Morgan fingerprint density at radius 1 is 0.943 bits per heavy atom. The van der Waals surface area contributed by atoms with Crippen LogP contribution in [0.5, 0.6) is 0 Å². The summed E-state index contributed by atoms with van der Waals surface area (Å²) in [5.74, 6) is -4.60. The molecule has 192 valence electrons. The van der Waals surface area contributed by atoms with Crippen molar-refractivity contribution in [1.29, 1.82) is 0 Å². The van der Waals surface area contributed by atoms with Gasteiger partial charge >= 0.3 is 23.9 Å². The van der Waals surface area contributed by atoms with E-state index in [0.29, 0.717) is 0 Å². The van der Waals surface area contributed by atoms with Crippen LogP contribution in [0, 0.1) is 11.7 Å². The van der Waals surface area contributed by atoms with Gasteiger partial charge in [0.05, 0.1) is 12.5 Å². The number of hydrogen-bond donors (Lipinski definition) is 0. The number of halogens is 1. The lowest BCUT2D eigenvalue weighted by Gasteiger charge is -2.43. The number of ether oxygens (including phenoxy) is 6. The summed E-state index contributed by atoms with van der Waals surface area (Å²) in [7, 11) is 0. The van der Waals surface area contributed by atoms with Gasteiger partial charge in [-0.2, -0.15) is 0 Å². The lowest BCUT2D eigenvalue weighted by Crippen LogP contribution is -2.58. The Kier molecular flexibility index (Phi) is 10.2. The molecule has 10 nitrogen and oxygen atoms in total. The van der Waals surface area contributed by atoms with Gasteiger partial charge in [0.25, 0.3) is 0 Å². The molecule has 1 aromatic carbocycles. The van der Waals surface area contributed by atoms with Gasteiger partial charge in [0.15, 0.2) is 6.10 Å². The quantitative estimate of drug-likeness (QED) is 0.218. The van der Waals surface area contributed by atoms with Gasteiger partial charge in [-0.25, -0.2) is 9.18 Å². The standard InChI is InChI=1S/C24H29FO10/c1-6-30-23(29)19(11-17-9-7-8-10-18(17)25)34-24-13(2)21(32-15(4)27)22(33-16(5)28)20(35-24)12-31-14(3)26/h7-11,13,20-22,24H,6,12H2,1-5H3/b19-11-/t13-,20-,21-,22+,24-/m0/s1. The highest BCUT2D eigenvalue weighted by Crippen LogP contribution is 2.33. The van der Waals surface area contributed by atoms with Crippen molar-refractivity contribution in [2.75, 3.05) is 13.2 Å². The lowest BCUT2D eigenvalue weighted by atomic mass is 9.91. The van der Waals surface area contributed by atoms with Crippen LogP contribution in [0.3, 0.4) is 0 Å². The van der Waals surface area contributed by atoms with E-state index >= 15 is 0 Å². The highest BCUT2D eigenvalue weighted by atomic mass is 19.1. The smallest absolute Gasteiger partial charge is 0.373 e. The maximum absolute atomic E-state index is 14.2. The van der Waals surface area contributed by atoms with E-state index in [0.717, 1.165) is 13.0 Å². The van der Waals surface area contributed by atoms with Gasteiger partial charge in [0.1, 0.15) is 24.6 Å². The molecule has 1 heterocycles. The van der Waals surface area contributed by atoms with Crippen molar-refractivity contribution >= 4 is 30.0 Å². The molecule has 0 N–H and O–H groups in total. The second-order valence-electron chi connectivity index (χ2n) is 7.72. The van der Waals surface area contributed by atoms with E-state index in [1.807, 2.05) is 0 Å². The summed E-state index contributed by atoms with van der Waals surface area (Å²) in [5, 5.41) is 0. The van der Waals surface area contributed by atoms with Crippen LogP contribution < -0.4 is 0 Å². The van der Waals surface area contributed by atoms with Crippen molar-refractivity contribution in [3.05, 3.63) is 41.4 Å². The van der Waals surface area contributed by atoms with E-state index in [1.165, 1.54) is 32.0 Å². The molecule has 1 saturated heterocycles. The Hall–Kier alpha value is -3.47. The molecular weight excluding hydrogens is 467 g/mol. The molecule has 0 aromatic heterocycles. The number of rotatable bonds is 9. The van der Waals surface area contributed by atoms with Crippen LogP contribution in [-0.2, 0) is 47.6 Å². The molecule has 0 spiro atoms. The van der Waals surface area contributed by atoms with E-state index in [1.54, 1.807) is 19.9 Å². The molecule has 1 aliphatic rings. The summed E-state index contributed by atoms with van der Waals surface area (Å²) in [5.41, 5.74) is 0.0600. The minimum atomic E-state index is -1.26. The maximum Gasteiger partial charge on any atom is 0.373 e. The van der Waals surface area contributed by atoms with Gasteiger partial charge in [0.2, 0.25) is 12.0 Å². The Labute approximate surface area is 202 Å². The van der Waals surface area contributed by atoms with Gasteiger partial charge < -0.3 is 28.4 Å². The summed E-state index contributed by atoms with van der Waals surface area (Å²) in [6.45, 7) is 6.36. The van der Waals surface area contributed by atoms with Gasteiger partial charge in [0, 0.05) is 26.3 Å². The fourth-order valence-corrected chi connectivity index (χ4v) is 3.41. The number of hydrogen-bond acceptors (Lipinski definition) is 10. The largest absolute Gasteiger partial charge is 0.463 e. The average molecular weight is 496 g/mol. The second-order valence-corrected chi connectivity index (χ2v) is 7.72. The second kappa shape index (κ2) is 12.8. The van der Waals surface area contributed by atoms with E-state index in [2.05, 4.69) is 0 Å². The predicted molar refractivity (Wildman–Crippen MR) is 118 cm³/mol. The van der Waals surface area contributed by atoms with E-state index < -0.39 is 60.2 Å². The van der Waals surface area contributed by atoms with Crippen molar-refractivity contribution in [3.63, 3.8) is 0 Å². The molecule has 0 amide bonds. The van der Waals surface area contributed by atoms with Crippen LogP contribution in [0.25, 0.3) is 6.08 Å². The monoisotopic (exact) mass is 496 g/mol. The van der Waals surface area contributed by atoms with Crippen molar-refractivity contribution in [3.8, 4) is 0 Å². The van der Waals surface area contributed by atoms with Crippen LogP contribution in [0.15, 0.2) is 30.0 Å². The van der Waals surface area contributed by atoms with Crippen molar-refractivity contribution < 1.29 is 52.0 Å². The van der Waals surface area contributed by atoms with Gasteiger partial charge in [-0.1, -0.05) is 25.1 Å². The SMILES string of the molecule is CCOC(=O)/C(=C/c1ccccc1F)O[C@H]1O[C@@H](COC(C)=O)[C@@H](OC(C)=O)[C@@H](OC(C)=O)[C@@H]1C. The van der Waals surface area contributed by atoms with Gasteiger partial charge in [-0.15, -0.1) is 0 Å². The molecule has 0 aliphatic carbocycles. The first-order valence-corrected chi connectivity index (χ1v) is 11.0. The molecule has 1 aliphatic heterocycles. The lowest BCUT2D eigenvalue weighted by molar-refractivity contribution is -0.279. The highest BCUT2D eigenvalue weighted by molar-refractivity contribution is 5.91. The predicted octanol–water partition coefficient (Wildman–Crippen LogP) is 2.53. The fourth-order valence-electron chi connectivity index (χ4n) is 3.41. The van der Waals surface area contributed by atoms with Crippen molar-refractivity contribution in [2.45, 2.75) is 59.2 Å². The molecule has 1 fully saturated rings.